The normalized spacial score (nSPS) is 27.4. The SMILES string of the molecule is C[C@H]1C[C@H](C)CN(S(=O)(=O)c2cc3c4c(c2)CCN4C(=O)CC3)C1. The molecule has 0 spiro atoms. The molecule has 0 N–H and O–H groups in total. The lowest BCUT2D eigenvalue weighted by Gasteiger charge is -2.34. The molecule has 1 fully saturated rings. The van der Waals surface area contributed by atoms with Crippen LogP contribution in [0.4, 0.5) is 5.69 Å². The van der Waals surface area contributed by atoms with Crippen LogP contribution < -0.4 is 4.90 Å². The number of benzene rings is 1. The van der Waals surface area contributed by atoms with E-state index in [1.807, 2.05) is 11.0 Å². The van der Waals surface area contributed by atoms with E-state index < -0.39 is 10.0 Å². The molecular formula is C18H24N2O3S. The first kappa shape index (κ1) is 16.1. The zero-order valence-electron chi connectivity index (χ0n) is 14.3. The fourth-order valence-electron chi connectivity index (χ4n) is 4.53. The van der Waals surface area contributed by atoms with Crippen molar-refractivity contribution < 1.29 is 13.2 Å². The third kappa shape index (κ3) is 2.47. The number of sulfonamides is 1. The minimum absolute atomic E-state index is 0.163. The van der Waals surface area contributed by atoms with Crippen LogP contribution in [0, 0.1) is 11.8 Å². The Kier molecular flexibility index (Phi) is 3.73. The summed E-state index contributed by atoms with van der Waals surface area (Å²) in [6, 6.07) is 3.61. The highest BCUT2D eigenvalue weighted by Crippen LogP contribution is 2.39. The molecule has 0 unspecified atom stereocenters. The van der Waals surface area contributed by atoms with Gasteiger partial charge < -0.3 is 4.90 Å². The first-order valence-electron chi connectivity index (χ1n) is 8.82. The second kappa shape index (κ2) is 5.56. The molecule has 0 bridgehead atoms. The van der Waals surface area contributed by atoms with E-state index in [0.717, 1.165) is 29.7 Å². The summed E-state index contributed by atoms with van der Waals surface area (Å²) < 4.78 is 28.0. The van der Waals surface area contributed by atoms with Gasteiger partial charge in [0.05, 0.1) is 10.6 Å². The van der Waals surface area contributed by atoms with E-state index in [2.05, 4.69) is 13.8 Å². The molecule has 1 aromatic rings. The third-order valence-electron chi connectivity index (χ3n) is 5.50. The van der Waals surface area contributed by atoms with Crippen molar-refractivity contribution in [3.63, 3.8) is 0 Å². The van der Waals surface area contributed by atoms with E-state index >= 15 is 0 Å². The third-order valence-corrected chi connectivity index (χ3v) is 7.31. The Morgan fingerprint density at radius 2 is 1.62 bits per heavy atom. The Hall–Kier alpha value is -1.40. The molecular weight excluding hydrogens is 324 g/mol. The van der Waals surface area contributed by atoms with Crippen LogP contribution >= 0.6 is 0 Å². The molecule has 3 aliphatic rings. The highest BCUT2D eigenvalue weighted by Gasteiger charge is 2.36. The zero-order valence-corrected chi connectivity index (χ0v) is 15.1. The number of aryl methyl sites for hydroxylation is 1. The second-order valence-electron chi connectivity index (χ2n) is 7.65. The van der Waals surface area contributed by atoms with Crippen LogP contribution in [-0.4, -0.2) is 38.3 Å². The summed E-state index contributed by atoms with van der Waals surface area (Å²) in [6.07, 6.45) is 2.96. The lowest BCUT2D eigenvalue weighted by atomic mass is 9.94. The molecule has 1 saturated heterocycles. The summed E-state index contributed by atoms with van der Waals surface area (Å²) in [5.41, 5.74) is 3.00. The van der Waals surface area contributed by atoms with Crippen molar-refractivity contribution in [3.8, 4) is 0 Å². The van der Waals surface area contributed by atoms with E-state index in [1.54, 1.807) is 10.4 Å². The smallest absolute Gasteiger partial charge is 0.243 e. The van der Waals surface area contributed by atoms with Crippen molar-refractivity contribution >= 4 is 21.6 Å². The minimum atomic E-state index is -3.46. The number of carbonyl (C=O) groups is 1. The first-order valence-corrected chi connectivity index (χ1v) is 10.3. The van der Waals surface area contributed by atoms with E-state index in [9.17, 15) is 13.2 Å². The Morgan fingerprint density at radius 3 is 2.29 bits per heavy atom. The van der Waals surface area contributed by atoms with Crippen LogP contribution in [0.25, 0.3) is 0 Å². The van der Waals surface area contributed by atoms with Crippen molar-refractivity contribution in [2.24, 2.45) is 11.8 Å². The van der Waals surface area contributed by atoms with Crippen LogP contribution in [0.1, 0.15) is 37.8 Å². The van der Waals surface area contributed by atoms with Crippen LogP contribution in [0.5, 0.6) is 0 Å². The Balaban J connectivity index is 1.74. The number of rotatable bonds is 2. The molecule has 4 rings (SSSR count). The van der Waals surface area contributed by atoms with Crippen molar-refractivity contribution in [1.29, 1.82) is 0 Å². The lowest BCUT2D eigenvalue weighted by molar-refractivity contribution is -0.118. The van der Waals surface area contributed by atoms with Gasteiger partial charge in [-0.25, -0.2) is 8.42 Å². The molecule has 0 saturated carbocycles. The van der Waals surface area contributed by atoms with E-state index in [4.69, 9.17) is 0 Å². The summed E-state index contributed by atoms with van der Waals surface area (Å²) in [7, 11) is -3.46. The maximum absolute atomic E-state index is 13.2. The van der Waals surface area contributed by atoms with Crippen LogP contribution in [-0.2, 0) is 27.7 Å². The van der Waals surface area contributed by atoms with Gasteiger partial charge in [0.15, 0.2) is 0 Å². The average molecular weight is 348 g/mol. The van der Waals surface area contributed by atoms with Crippen LogP contribution in [0.3, 0.4) is 0 Å². The molecule has 0 radical (unpaired) electrons. The molecule has 2 atom stereocenters. The number of hydrogen-bond acceptors (Lipinski definition) is 3. The Labute approximate surface area is 143 Å². The van der Waals surface area contributed by atoms with Gasteiger partial charge in [-0.3, -0.25) is 4.79 Å². The van der Waals surface area contributed by atoms with Crippen molar-refractivity contribution in [2.75, 3.05) is 24.5 Å². The van der Waals surface area contributed by atoms with Crippen molar-refractivity contribution in [3.05, 3.63) is 23.3 Å². The zero-order chi connectivity index (χ0) is 17.1. The van der Waals surface area contributed by atoms with Gasteiger partial charge in [0.25, 0.3) is 0 Å². The molecule has 6 heteroatoms. The Bertz CT molecular complexity index is 793. The summed E-state index contributed by atoms with van der Waals surface area (Å²) in [5.74, 6) is 0.948. The first-order chi connectivity index (χ1) is 11.4. The summed E-state index contributed by atoms with van der Waals surface area (Å²) >= 11 is 0. The summed E-state index contributed by atoms with van der Waals surface area (Å²) in [4.78, 5) is 14.3. The second-order valence-corrected chi connectivity index (χ2v) is 9.59. The number of amides is 1. The van der Waals surface area contributed by atoms with Gasteiger partial charge >= 0.3 is 0 Å². The topological polar surface area (TPSA) is 57.7 Å². The van der Waals surface area contributed by atoms with Crippen LogP contribution in [0.15, 0.2) is 17.0 Å². The number of anilines is 1. The van der Waals surface area contributed by atoms with Gasteiger partial charge in [0.2, 0.25) is 15.9 Å². The average Bonchev–Trinajstić information content (AvgIpc) is 2.95. The fraction of sp³-hybridized carbons (Fsp3) is 0.611. The van der Waals surface area contributed by atoms with E-state index in [1.165, 1.54) is 0 Å². The van der Waals surface area contributed by atoms with Gasteiger partial charge in [-0.05, 0) is 54.4 Å². The van der Waals surface area contributed by atoms with Gasteiger partial charge in [0, 0.05) is 26.1 Å². The van der Waals surface area contributed by atoms with Gasteiger partial charge in [-0.15, -0.1) is 0 Å². The maximum atomic E-state index is 13.2. The summed E-state index contributed by atoms with van der Waals surface area (Å²) in [5, 5.41) is 0. The van der Waals surface area contributed by atoms with Crippen molar-refractivity contribution in [2.45, 2.75) is 44.4 Å². The molecule has 130 valence electrons. The predicted molar refractivity (Wildman–Crippen MR) is 92.5 cm³/mol. The molecule has 3 heterocycles. The highest BCUT2D eigenvalue weighted by molar-refractivity contribution is 7.89. The number of hydrogen-bond donors (Lipinski definition) is 0. The van der Waals surface area contributed by atoms with E-state index in [-0.39, 0.29) is 5.91 Å². The maximum Gasteiger partial charge on any atom is 0.243 e. The van der Waals surface area contributed by atoms with Gasteiger partial charge in [0.1, 0.15) is 0 Å². The molecule has 0 aromatic heterocycles. The Morgan fingerprint density at radius 1 is 1.00 bits per heavy atom. The molecule has 1 amide bonds. The number of carbonyl (C=O) groups excluding carboxylic acids is 1. The molecule has 1 aromatic carbocycles. The molecule has 5 nitrogen and oxygen atoms in total. The molecule has 24 heavy (non-hydrogen) atoms. The van der Waals surface area contributed by atoms with E-state index in [0.29, 0.717) is 49.2 Å². The predicted octanol–water partition coefficient (Wildman–Crippen LogP) is 2.19. The minimum Gasteiger partial charge on any atom is -0.312 e. The van der Waals surface area contributed by atoms with Crippen LogP contribution in [0.2, 0.25) is 0 Å². The highest BCUT2D eigenvalue weighted by atomic mass is 32.2. The van der Waals surface area contributed by atoms with Gasteiger partial charge in [-0.1, -0.05) is 13.8 Å². The largest absolute Gasteiger partial charge is 0.312 e. The van der Waals surface area contributed by atoms with Gasteiger partial charge in [-0.2, -0.15) is 4.31 Å². The lowest BCUT2D eigenvalue weighted by Crippen LogP contribution is -2.42. The molecule has 0 aliphatic carbocycles. The number of piperidine rings is 1. The monoisotopic (exact) mass is 348 g/mol. The number of nitrogens with zero attached hydrogens (tertiary/aromatic N) is 2. The molecule has 3 aliphatic heterocycles. The van der Waals surface area contributed by atoms with Crippen molar-refractivity contribution in [1.82, 2.24) is 4.31 Å². The quantitative estimate of drug-likeness (QED) is 0.823. The summed E-state index contributed by atoms with van der Waals surface area (Å²) in [6.45, 7) is 6.12. The fourth-order valence-corrected chi connectivity index (χ4v) is 6.31. The standard InChI is InChI=1S/C18H24N2O3S/c1-12-7-13(2)11-19(10-12)24(22,23)16-8-14-3-4-17(21)20-6-5-15(9-16)18(14)20/h8-9,12-13H,3-7,10-11H2,1-2H3/t12-,13-/m0/s1.